The second-order valence-electron chi connectivity index (χ2n) is 4.58. The predicted molar refractivity (Wildman–Crippen MR) is 75.0 cm³/mol. The van der Waals surface area contributed by atoms with Gasteiger partial charge in [0.05, 0.1) is 6.54 Å². The molecule has 2 aromatic heterocycles. The van der Waals surface area contributed by atoms with Crippen LogP contribution < -0.4 is 0 Å². The molecule has 0 spiro atoms. The number of nitrogens with zero attached hydrogens (tertiary/aromatic N) is 1. The van der Waals surface area contributed by atoms with Crippen molar-refractivity contribution in [1.82, 2.24) is 4.90 Å². The molecule has 0 bridgehead atoms. The fraction of sp³-hybridized carbons (Fsp3) is 0.286. The molecule has 0 atom stereocenters. The Morgan fingerprint density at radius 2 is 2.00 bits per heavy atom. The van der Waals surface area contributed by atoms with Crippen LogP contribution in [0.4, 0.5) is 0 Å². The summed E-state index contributed by atoms with van der Waals surface area (Å²) in [4.78, 5) is 25.9. The van der Waals surface area contributed by atoms with Crippen molar-refractivity contribution in [3.8, 4) is 0 Å². The minimum atomic E-state index is -1.18. The van der Waals surface area contributed by atoms with Crippen molar-refractivity contribution in [2.75, 3.05) is 0 Å². The Bertz CT molecular complexity index is 600. The molecule has 2 rings (SSSR count). The Morgan fingerprint density at radius 1 is 1.30 bits per heavy atom. The number of rotatable bonds is 5. The van der Waals surface area contributed by atoms with E-state index in [9.17, 15) is 9.59 Å². The zero-order chi connectivity index (χ0) is 14.7. The van der Waals surface area contributed by atoms with Gasteiger partial charge in [-0.25, -0.2) is 4.79 Å². The maximum Gasteiger partial charge on any atom is 0.371 e. The molecule has 0 aliphatic carbocycles. The average molecular weight is 293 g/mol. The number of furan rings is 1. The van der Waals surface area contributed by atoms with Crippen LogP contribution in [-0.4, -0.2) is 27.9 Å². The van der Waals surface area contributed by atoms with Crippen LogP contribution in [-0.2, 0) is 6.54 Å². The first-order valence-electron chi connectivity index (χ1n) is 6.15. The van der Waals surface area contributed by atoms with Gasteiger partial charge in [0.1, 0.15) is 0 Å². The zero-order valence-electron chi connectivity index (χ0n) is 11.2. The fourth-order valence-electron chi connectivity index (χ4n) is 1.77. The summed E-state index contributed by atoms with van der Waals surface area (Å²) in [6.07, 6.45) is 0. The quantitative estimate of drug-likeness (QED) is 0.919. The molecule has 5 nitrogen and oxygen atoms in total. The van der Waals surface area contributed by atoms with Gasteiger partial charge in [0.2, 0.25) is 5.76 Å². The Hall–Kier alpha value is -2.08. The third-order valence-electron chi connectivity index (χ3n) is 2.82. The highest BCUT2D eigenvalue weighted by atomic mass is 32.1. The van der Waals surface area contributed by atoms with Gasteiger partial charge < -0.3 is 14.4 Å². The van der Waals surface area contributed by atoms with Gasteiger partial charge in [-0.05, 0) is 37.4 Å². The van der Waals surface area contributed by atoms with Crippen LogP contribution in [0.1, 0.15) is 39.8 Å². The number of carbonyl (C=O) groups is 2. The molecule has 1 amide bonds. The molecule has 0 aromatic carbocycles. The maximum atomic E-state index is 12.4. The van der Waals surface area contributed by atoms with Gasteiger partial charge in [0, 0.05) is 10.9 Å². The number of carbonyl (C=O) groups excluding carboxylic acids is 1. The summed E-state index contributed by atoms with van der Waals surface area (Å²) in [5, 5.41) is 10.8. The summed E-state index contributed by atoms with van der Waals surface area (Å²) in [5.74, 6) is -1.67. The Morgan fingerprint density at radius 3 is 2.50 bits per heavy atom. The molecule has 1 N–H and O–H groups in total. The molecule has 6 heteroatoms. The van der Waals surface area contributed by atoms with Crippen molar-refractivity contribution < 1.29 is 19.1 Å². The standard InChI is InChI=1S/C14H15NO4S/c1-9(2)15(8-10-4-3-7-20-10)13(16)11-5-6-12(19-11)14(17)18/h3-7,9H,8H2,1-2H3,(H,17,18). The van der Waals surface area contributed by atoms with Crippen LogP contribution in [0.5, 0.6) is 0 Å². The normalized spacial score (nSPS) is 10.8. The van der Waals surface area contributed by atoms with E-state index in [0.29, 0.717) is 6.54 Å². The monoisotopic (exact) mass is 293 g/mol. The SMILES string of the molecule is CC(C)N(Cc1cccs1)C(=O)c1ccc(C(=O)O)o1. The molecule has 0 aliphatic heterocycles. The van der Waals surface area contributed by atoms with Gasteiger partial charge >= 0.3 is 5.97 Å². The first kappa shape index (κ1) is 14.3. The first-order chi connectivity index (χ1) is 9.49. The lowest BCUT2D eigenvalue weighted by Gasteiger charge is -2.25. The number of hydrogen-bond donors (Lipinski definition) is 1. The van der Waals surface area contributed by atoms with E-state index < -0.39 is 5.97 Å². The van der Waals surface area contributed by atoms with E-state index in [0.717, 1.165) is 4.88 Å². The summed E-state index contributed by atoms with van der Waals surface area (Å²) in [7, 11) is 0. The lowest BCUT2D eigenvalue weighted by Crippen LogP contribution is -2.35. The summed E-state index contributed by atoms with van der Waals surface area (Å²) in [6.45, 7) is 4.30. The highest BCUT2D eigenvalue weighted by molar-refractivity contribution is 7.09. The first-order valence-corrected chi connectivity index (χ1v) is 7.03. The van der Waals surface area contributed by atoms with Gasteiger partial charge in [0.25, 0.3) is 5.91 Å². The van der Waals surface area contributed by atoms with Gasteiger partial charge in [-0.1, -0.05) is 6.07 Å². The Balaban J connectivity index is 2.19. The van der Waals surface area contributed by atoms with Crippen LogP contribution >= 0.6 is 11.3 Å². The van der Waals surface area contributed by atoms with Gasteiger partial charge in [-0.3, -0.25) is 4.79 Å². The van der Waals surface area contributed by atoms with Crippen molar-refractivity contribution in [3.63, 3.8) is 0 Å². The van der Waals surface area contributed by atoms with Crippen molar-refractivity contribution in [1.29, 1.82) is 0 Å². The molecule has 20 heavy (non-hydrogen) atoms. The van der Waals surface area contributed by atoms with E-state index >= 15 is 0 Å². The van der Waals surface area contributed by atoms with E-state index in [2.05, 4.69) is 0 Å². The molecule has 0 aliphatic rings. The van der Waals surface area contributed by atoms with Crippen molar-refractivity contribution in [2.24, 2.45) is 0 Å². The largest absolute Gasteiger partial charge is 0.475 e. The zero-order valence-corrected chi connectivity index (χ0v) is 12.0. The molecule has 0 radical (unpaired) electrons. The summed E-state index contributed by atoms with van der Waals surface area (Å²) in [6, 6.07) is 6.56. The van der Waals surface area contributed by atoms with Crippen LogP contribution in [0.2, 0.25) is 0 Å². The topological polar surface area (TPSA) is 70.8 Å². The van der Waals surface area contributed by atoms with Crippen LogP contribution in [0, 0.1) is 0 Å². The highest BCUT2D eigenvalue weighted by Crippen LogP contribution is 2.18. The minimum absolute atomic E-state index is 0.0111. The lowest BCUT2D eigenvalue weighted by atomic mass is 10.2. The molecule has 106 valence electrons. The third-order valence-corrected chi connectivity index (χ3v) is 3.68. The van der Waals surface area contributed by atoms with Gasteiger partial charge in [-0.2, -0.15) is 0 Å². The lowest BCUT2D eigenvalue weighted by molar-refractivity contribution is 0.0630. The van der Waals surface area contributed by atoms with E-state index in [1.54, 1.807) is 16.2 Å². The Kier molecular flexibility index (Phi) is 4.24. The van der Waals surface area contributed by atoms with E-state index in [-0.39, 0.29) is 23.5 Å². The van der Waals surface area contributed by atoms with Gasteiger partial charge in [0.15, 0.2) is 5.76 Å². The number of aromatic carboxylic acids is 1. The predicted octanol–water partition coefficient (Wildman–Crippen LogP) is 3.09. The van der Waals surface area contributed by atoms with Crippen LogP contribution in [0.3, 0.4) is 0 Å². The number of hydrogen-bond acceptors (Lipinski definition) is 4. The molecule has 2 heterocycles. The molecular weight excluding hydrogens is 278 g/mol. The van der Waals surface area contributed by atoms with Crippen LogP contribution in [0.15, 0.2) is 34.1 Å². The number of amides is 1. The second kappa shape index (κ2) is 5.92. The fourth-order valence-corrected chi connectivity index (χ4v) is 2.47. The second-order valence-corrected chi connectivity index (χ2v) is 5.61. The highest BCUT2D eigenvalue weighted by Gasteiger charge is 2.23. The number of thiophene rings is 1. The van der Waals surface area contributed by atoms with Crippen molar-refractivity contribution in [2.45, 2.75) is 26.4 Å². The molecule has 0 unspecified atom stereocenters. The van der Waals surface area contributed by atoms with Crippen molar-refractivity contribution >= 4 is 23.2 Å². The number of carboxylic acids is 1. The van der Waals surface area contributed by atoms with E-state index in [4.69, 9.17) is 9.52 Å². The maximum absolute atomic E-state index is 12.4. The van der Waals surface area contributed by atoms with E-state index in [1.165, 1.54) is 12.1 Å². The number of carboxylic acid groups (broad SMARTS) is 1. The molecule has 0 fully saturated rings. The van der Waals surface area contributed by atoms with Crippen LogP contribution in [0.25, 0.3) is 0 Å². The van der Waals surface area contributed by atoms with Crippen molar-refractivity contribution in [3.05, 3.63) is 46.0 Å². The molecule has 2 aromatic rings. The molecular formula is C14H15NO4S. The molecule has 0 saturated carbocycles. The smallest absolute Gasteiger partial charge is 0.371 e. The van der Waals surface area contributed by atoms with E-state index in [1.807, 2.05) is 31.4 Å². The average Bonchev–Trinajstić information content (AvgIpc) is 3.06. The summed E-state index contributed by atoms with van der Waals surface area (Å²) in [5.41, 5.74) is 0. The Labute approximate surface area is 120 Å². The molecule has 0 saturated heterocycles. The summed E-state index contributed by atoms with van der Waals surface area (Å²) < 4.78 is 5.07. The third kappa shape index (κ3) is 3.08. The minimum Gasteiger partial charge on any atom is -0.475 e. The summed E-state index contributed by atoms with van der Waals surface area (Å²) >= 11 is 1.57. The van der Waals surface area contributed by atoms with Gasteiger partial charge in [-0.15, -0.1) is 11.3 Å².